The minimum atomic E-state index is -0.626. The molecule has 0 spiro atoms. The summed E-state index contributed by atoms with van der Waals surface area (Å²) in [6, 6.07) is 7.05. The van der Waals surface area contributed by atoms with Gasteiger partial charge in [-0.1, -0.05) is 6.07 Å². The molecule has 0 aliphatic carbocycles. The first-order valence-electron chi connectivity index (χ1n) is 10.4. The molecule has 0 saturated heterocycles. The zero-order valence-corrected chi connectivity index (χ0v) is 19.4. The topological polar surface area (TPSA) is 112 Å². The molecule has 3 rings (SSSR count). The second-order valence-electron chi connectivity index (χ2n) is 6.97. The Bertz CT molecular complexity index is 1160. The molecule has 2 aromatic rings. The third-order valence-electron chi connectivity index (χ3n) is 4.78. The number of nitriles is 1. The number of Topliss-reactive ketones (excluding diaryl/α,β-unsaturated/α-hetero) is 1. The highest BCUT2D eigenvalue weighted by Gasteiger charge is 2.28. The predicted molar refractivity (Wildman–Crippen MR) is 121 cm³/mol. The van der Waals surface area contributed by atoms with E-state index in [0.29, 0.717) is 40.7 Å². The van der Waals surface area contributed by atoms with Crippen LogP contribution in [-0.2, 0) is 20.7 Å². The summed E-state index contributed by atoms with van der Waals surface area (Å²) in [6.45, 7) is 6.15. The van der Waals surface area contributed by atoms with Gasteiger partial charge in [0.15, 0.2) is 17.3 Å². The third kappa shape index (κ3) is 5.41. The number of nitrogens with zero attached hydrogens (tertiary/aromatic N) is 1. The Morgan fingerprint density at radius 2 is 1.76 bits per heavy atom. The summed E-state index contributed by atoms with van der Waals surface area (Å²) >= 11 is 1.00. The van der Waals surface area contributed by atoms with Crippen LogP contribution in [0.2, 0.25) is 0 Å². The van der Waals surface area contributed by atoms with Crippen LogP contribution in [0, 0.1) is 18.3 Å². The minimum Gasteiger partial charge on any atom is -0.486 e. The number of fused-ring (bicyclic) bond motifs is 1. The molecule has 33 heavy (non-hydrogen) atoms. The van der Waals surface area contributed by atoms with E-state index in [1.165, 1.54) is 6.08 Å². The molecule has 2 heterocycles. The third-order valence-corrected chi connectivity index (χ3v) is 6.05. The Kier molecular flexibility index (Phi) is 7.85. The van der Waals surface area contributed by atoms with Crippen molar-refractivity contribution in [2.75, 3.05) is 26.4 Å². The molecule has 0 atom stereocenters. The van der Waals surface area contributed by atoms with E-state index >= 15 is 0 Å². The zero-order chi connectivity index (χ0) is 24.0. The zero-order valence-electron chi connectivity index (χ0n) is 18.6. The van der Waals surface area contributed by atoms with Crippen molar-refractivity contribution in [3.05, 3.63) is 50.2 Å². The van der Waals surface area contributed by atoms with E-state index in [0.717, 1.165) is 11.3 Å². The number of ether oxygens (including phenoxy) is 4. The Morgan fingerprint density at radius 3 is 2.42 bits per heavy atom. The number of thiophene rings is 1. The summed E-state index contributed by atoms with van der Waals surface area (Å²) in [5, 5.41) is 9.60. The number of carbonyl (C=O) groups excluding carboxylic acids is 3. The molecular formula is C24H23NO7S. The molecule has 0 bridgehead atoms. The fourth-order valence-electron chi connectivity index (χ4n) is 3.29. The van der Waals surface area contributed by atoms with Crippen molar-refractivity contribution in [2.24, 2.45) is 0 Å². The highest BCUT2D eigenvalue weighted by molar-refractivity contribution is 7.14. The number of esters is 2. The highest BCUT2D eigenvalue weighted by atomic mass is 32.1. The summed E-state index contributed by atoms with van der Waals surface area (Å²) in [5.41, 5.74) is 1.07. The van der Waals surface area contributed by atoms with E-state index < -0.39 is 17.7 Å². The van der Waals surface area contributed by atoms with Gasteiger partial charge in [-0.05, 0) is 50.1 Å². The first-order valence-corrected chi connectivity index (χ1v) is 11.2. The Balaban J connectivity index is 1.92. The average molecular weight is 470 g/mol. The summed E-state index contributed by atoms with van der Waals surface area (Å²) < 4.78 is 21.2. The molecule has 0 saturated carbocycles. The first kappa shape index (κ1) is 24.0. The average Bonchev–Trinajstić information content (AvgIpc) is 3.13. The Hall–Kier alpha value is -3.64. The smallest absolute Gasteiger partial charge is 0.348 e. The lowest BCUT2D eigenvalue weighted by molar-refractivity contribution is -0.114. The minimum absolute atomic E-state index is 0.0924. The standard InChI is InChI=1S/C24H23NO7S/c1-4-29-23(27)21-14(3)22(24(28)30-5-2)33-20(21)12-17(26)16(13-25)10-15-6-7-18-19(11-15)32-9-8-31-18/h6-7,10-11H,4-5,8-9,12H2,1-3H3/b16-10+. The molecule has 0 amide bonds. The fourth-order valence-corrected chi connectivity index (χ4v) is 4.48. The largest absolute Gasteiger partial charge is 0.486 e. The van der Waals surface area contributed by atoms with Crippen molar-refractivity contribution >= 4 is 35.1 Å². The molecule has 8 nitrogen and oxygen atoms in total. The van der Waals surface area contributed by atoms with Gasteiger partial charge in [0, 0.05) is 11.3 Å². The van der Waals surface area contributed by atoms with E-state index in [2.05, 4.69) is 0 Å². The number of ketones is 1. The lowest BCUT2D eigenvalue weighted by Gasteiger charge is -2.18. The first-order chi connectivity index (χ1) is 15.9. The maximum absolute atomic E-state index is 13.0. The Morgan fingerprint density at radius 1 is 1.09 bits per heavy atom. The molecule has 0 N–H and O–H groups in total. The van der Waals surface area contributed by atoms with Gasteiger partial charge >= 0.3 is 11.9 Å². The van der Waals surface area contributed by atoms with Gasteiger partial charge in [-0.3, -0.25) is 4.79 Å². The monoisotopic (exact) mass is 469 g/mol. The molecule has 1 aromatic heterocycles. The SMILES string of the molecule is CCOC(=O)c1sc(CC(=O)/C(C#N)=C/c2ccc3c(c2)OCCO3)c(C(=O)OCC)c1C. The van der Waals surface area contributed by atoms with Gasteiger partial charge < -0.3 is 18.9 Å². The molecular weight excluding hydrogens is 446 g/mol. The summed E-state index contributed by atoms with van der Waals surface area (Å²) in [5.74, 6) is -0.551. The van der Waals surface area contributed by atoms with Crippen molar-refractivity contribution in [3.8, 4) is 17.6 Å². The van der Waals surface area contributed by atoms with E-state index in [9.17, 15) is 19.6 Å². The molecule has 1 aromatic carbocycles. The molecule has 1 aliphatic rings. The second-order valence-corrected chi connectivity index (χ2v) is 8.07. The van der Waals surface area contributed by atoms with E-state index in [1.807, 2.05) is 6.07 Å². The number of rotatable bonds is 8. The molecule has 9 heteroatoms. The predicted octanol–water partition coefficient (Wildman–Crippen LogP) is 3.90. The number of benzene rings is 1. The van der Waals surface area contributed by atoms with Crippen molar-refractivity contribution in [1.82, 2.24) is 0 Å². The van der Waals surface area contributed by atoms with Crippen LogP contribution in [0.3, 0.4) is 0 Å². The van der Waals surface area contributed by atoms with Gasteiger partial charge in [0.25, 0.3) is 0 Å². The number of allylic oxidation sites excluding steroid dienone is 1. The van der Waals surface area contributed by atoms with Crippen LogP contribution in [0.15, 0.2) is 23.8 Å². The summed E-state index contributed by atoms with van der Waals surface area (Å²) in [6.07, 6.45) is 1.22. The van der Waals surface area contributed by atoms with Gasteiger partial charge in [0.2, 0.25) is 0 Å². The van der Waals surface area contributed by atoms with E-state index in [1.54, 1.807) is 39.0 Å². The maximum Gasteiger partial charge on any atom is 0.348 e. The van der Waals surface area contributed by atoms with Gasteiger partial charge in [-0.25, -0.2) is 9.59 Å². The lowest BCUT2D eigenvalue weighted by atomic mass is 10.0. The summed E-state index contributed by atoms with van der Waals surface area (Å²) in [7, 11) is 0. The van der Waals surface area contributed by atoms with Gasteiger partial charge in [-0.2, -0.15) is 5.26 Å². The van der Waals surface area contributed by atoms with E-state index in [-0.39, 0.29) is 35.6 Å². The van der Waals surface area contributed by atoms with Crippen molar-refractivity contribution in [3.63, 3.8) is 0 Å². The van der Waals surface area contributed by atoms with Crippen LogP contribution < -0.4 is 9.47 Å². The summed E-state index contributed by atoms with van der Waals surface area (Å²) in [4.78, 5) is 38.4. The molecule has 0 radical (unpaired) electrons. The van der Waals surface area contributed by atoms with Crippen LogP contribution in [0.5, 0.6) is 11.5 Å². The fraction of sp³-hybridized carbons (Fsp3) is 0.333. The van der Waals surface area contributed by atoms with Gasteiger partial charge in [0.1, 0.15) is 24.2 Å². The van der Waals surface area contributed by atoms with Crippen molar-refractivity contribution < 1.29 is 33.3 Å². The lowest BCUT2D eigenvalue weighted by Crippen LogP contribution is -2.15. The second kappa shape index (κ2) is 10.8. The maximum atomic E-state index is 13.0. The van der Waals surface area contributed by atoms with Gasteiger partial charge in [-0.15, -0.1) is 11.3 Å². The van der Waals surface area contributed by atoms with Crippen molar-refractivity contribution in [2.45, 2.75) is 27.2 Å². The van der Waals surface area contributed by atoms with Crippen molar-refractivity contribution in [1.29, 1.82) is 5.26 Å². The van der Waals surface area contributed by atoms with Gasteiger partial charge in [0.05, 0.1) is 24.4 Å². The number of hydrogen-bond acceptors (Lipinski definition) is 9. The molecule has 0 unspecified atom stereocenters. The molecule has 172 valence electrons. The molecule has 0 fully saturated rings. The quantitative estimate of drug-likeness (QED) is 0.325. The Labute approximate surface area is 195 Å². The van der Waals surface area contributed by atoms with Crippen LogP contribution in [0.4, 0.5) is 0 Å². The normalized spacial score (nSPS) is 12.6. The van der Waals surface area contributed by atoms with E-state index in [4.69, 9.17) is 18.9 Å². The van der Waals surface area contributed by atoms with Crippen LogP contribution in [-0.4, -0.2) is 44.1 Å². The van der Waals surface area contributed by atoms with Crippen LogP contribution in [0.1, 0.15) is 49.9 Å². The van der Waals surface area contributed by atoms with Crippen LogP contribution in [0.25, 0.3) is 6.08 Å². The number of carbonyl (C=O) groups is 3. The van der Waals surface area contributed by atoms with Crippen LogP contribution >= 0.6 is 11.3 Å². The highest BCUT2D eigenvalue weighted by Crippen LogP contribution is 2.33. The number of hydrogen-bond donors (Lipinski definition) is 0. The molecule has 1 aliphatic heterocycles.